The third-order valence-corrected chi connectivity index (χ3v) is 7.88. The van der Waals surface area contributed by atoms with E-state index in [1.54, 1.807) is 68.9 Å². The van der Waals surface area contributed by atoms with E-state index in [2.05, 4.69) is 5.32 Å². The van der Waals surface area contributed by atoms with Crippen LogP contribution >= 0.6 is 0 Å². The SMILES string of the molecule is C=O.C=O.CCN(CC)C(=O)c1cc2c(C)c(OC)c(OC)cc2cc1C(=O)N(CC)CCCCN(C)C(=O)CCCNC(=O)OC(C)(C)C. The minimum Gasteiger partial charge on any atom is -0.493 e. The lowest BCUT2D eigenvalue weighted by Gasteiger charge is -2.25. The fourth-order valence-corrected chi connectivity index (χ4v) is 5.30. The van der Waals surface area contributed by atoms with Crippen molar-refractivity contribution < 1.29 is 43.0 Å². The van der Waals surface area contributed by atoms with Gasteiger partial charge in [-0.2, -0.15) is 0 Å². The van der Waals surface area contributed by atoms with Crippen LogP contribution in [0.4, 0.5) is 4.79 Å². The van der Waals surface area contributed by atoms with Gasteiger partial charge in [-0.1, -0.05) is 0 Å². The van der Waals surface area contributed by atoms with Crippen LogP contribution in [0.25, 0.3) is 10.8 Å². The number of ether oxygens (including phenoxy) is 3. The molecule has 50 heavy (non-hydrogen) atoms. The van der Waals surface area contributed by atoms with Crippen molar-refractivity contribution in [3.8, 4) is 11.5 Å². The van der Waals surface area contributed by atoms with Crippen LogP contribution in [0.3, 0.4) is 0 Å². The van der Waals surface area contributed by atoms with Crippen molar-refractivity contribution in [3.05, 3.63) is 34.9 Å². The van der Waals surface area contributed by atoms with Crippen molar-refractivity contribution in [2.75, 3.05) is 60.5 Å². The van der Waals surface area contributed by atoms with Gasteiger partial charge in [0.05, 0.1) is 25.3 Å². The fraction of sp³-hybridized carbons (Fsp3) is 0.568. The first-order valence-corrected chi connectivity index (χ1v) is 16.8. The van der Waals surface area contributed by atoms with E-state index in [9.17, 15) is 19.2 Å². The monoisotopic (exact) mass is 702 g/mol. The number of rotatable bonds is 16. The summed E-state index contributed by atoms with van der Waals surface area (Å²) in [4.78, 5) is 73.2. The van der Waals surface area contributed by atoms with Gasteiger partial charge in [0.15, 0.2) is 11.5 Å². The summed E-state index contributed by atoms with van der Waals surface area (Å²) in [5.74, 6) is 0.731. The number of unbranched alkanes of at least 4 members (excludes halogenated alkanes) is 1. The summed E-state index contributed by atoms with van der Waals surface area (Å²) in [6.45, 7) is 20.0. The molecule has 2 aromatic carbocycles. The fourth-order valence-electron chi connectivity index (χ4n) is 5.30. The first-order valence-electron chi connectivity index (χ1n) is 16.8. The molecule has 0 spiro atoms. The number of aryl methyl sites for hydroxylation is 1. The lowest BCUT2D eigenvalue weighted by Crippen LogP contribution is -2.36. The maximum absolute atomic E-state index is 14.0. The van der Waals surface area contributed by atoms with Crippen LogP contribution < -0.4 is 14.8 Å². The zero-order chi connectivity index (χ0) is 38.6. The van der Waals surface area contributed by atoms with E-state index in [-0.39, 0.29) is 17.7 Å². The van der Waals surface area contributed by atoms with Crippen molar-refractivity contribution >= 4 is 48.2 Å². The highest BCUT2D eigenvalue weighted by molar-refractivity contribution is 6.11. The highest BCUT2D eigenvalue weighted by Crippen LogP contribution is 2.38. The standard InChI is InChI=1S/C35H54N4O7.2CH2O/c1-11-38(12-2)32(41)28-23-26-24(4)31(45-10)29(44-9)22-25(26)21-27(28)33(42)39(13-3)20-15-14-19-37(8)30(40)17-16-18-36-34(43)46-35(5,6)7;2*1-2/h21-23H,11-20H2,1-10H3,(H,36,43);2*1H2. The molecule has 2 aromatic rings. The van der Waals surface area contributed by atoms with E-state index >= 15 is 0 Å². The van der Waals surface area contributed by atoms with Gasteiger partial charge in [0.25, 0.3) is 11.8 Å². The second-order valence-corrected chi connectivity index (χ2v) is 12.3. The Bertz CT molecular complexity index is 1400. The number of nitrogens with zero attached hydrogens (tertiary/aromatic N) is 3. The molecule has 13 heteroatoms. The minimum absolute atomic E-state index is 0.00696. The lowest BCUT2D eigenvalue weighted by molar-refractivity contribution is -0.130. The van der Waals surface area contributed by atoms with E-state index in [4.69, 9.17) is 23.8 Å². The van der Waals surface area contributed by atoms with Gasteiger partial charge in [-0.05, 0) is 96.7 Å². The van der Waals surface area contributed by atoms with Gasteiger partial charge in [-0.25, -0.2) is 4.79 Å². The van der Waals surface area contributed by atoms with Crippen molar-refractivity contribution in [2.45, 2.75) is 79.8 Å². The van der Waals surface area contributed by atoms with Gasteiger partial charge in [-0.3, -0.25) is 14.4 Å². The van der Waals surface area contributed by atoms with E-state index in [0.717, 1.165) is 16.3 Å². The van der Waals surface area contributed by atoms with Crippen molar-refractivity contribution in [1.82, 2.24) is 20.0 Å². The maximum atomic E-state index is 14.0. The summed E-state index contributed by atoms with van der Waals surface area (Å²) in [5.41, 5.74) is 0.974. The Balaban J connectivity index is 0.00000578. The third-order valence-electron chi connectivity index (χ3n) is 7.88. The molecular formula is C37H58N4O9. The summed E-state index contributed by atoms with van der Waals surface area (Å²) in [6.07, 6.45) is 1.73. The number of hydrogen-bond acceptors (Lipinski definition) is 9. The first kappa shape index (κ1) is 45.3. The smallest absolute Gasteiger partial charge is 0.407 e. The summed E-state index contributed by atoms with van der Waals surface area (Å²) in [5, 5.41) is 4.28. The Kier molecular flexibility index (Phi) is 20.7. The molecule has 13 nitrogen and oxygen atoms in total. The minimum atomic E-state index is -0.569. The number of alkyl carbamates (subject to hydrolysis) is 1. The third kappa shape index (κ3) is 13.3. The quantitative estimate of drug-likeness (QED) is 0.230. The number of fused-ring (bicyclic) bond motifs is 1. The average molecular weight is 703 g/mol. The molecule has 0 bridgehead atoms. The Hall–Kier alpha value is -4.68. The molecule has 0 aliphatic rings. The predicted octanol–water partition coefficient (Wildman–Crippen LogP) is 5.28. The zero-order valence-electron chi connectivity index (χ0n) is 31.7. The normalized spacial score (nSPS) is 10.4. The van der Waals surface area contributed by atoms with Crippen molar-refractivity contribution in [3.63, 3.8) is 0 Å². The maximum Gasteiger partial charge on any atom is 0.407 e. The van der Waals surface area contributed by atoms with E-state index in [1.807, 2.05) is 47.3 Å². The number of benzene rings is 2. The molecule has 0 atom stereocenters. The molecule has 1 N–H and O–H groups in total. The van der Waals surface area contributed by atoms with Gasteiger partial charge in [0.1, 0.15) is 19.2 Å². The van der Waals surface area contributed by atoms with Crippen molar-refractivity contribution in [1.29, 1.82) is 0 Å². The topological polar surface area (TPSA) is 152 Å². The Morgan fingerprint density at radius 1 is 0.780 bits per heavy atom. The van der Waals surface area contributed by atoms with E-state index < -0.39 is 11.7 Å². The summed E-state index contributed by atoms with van der Waals surface area (Å²) in [6, 6.07) is 5.43. The number of amides is 4. The Morgan fingerprint density at radius 3 is 1.84 bits per heavy atom. The number of carbonyl (C=O) groups is 6. The van der Waals surface area contributed by atoms with Crippen molar-refractivity contribution in [2.24, 2.45) is 0 Å². The van der Waals surface area contributed by atoms with E-state index in [0.29, 0.717) is 87.6 Å². The summed E-state index contributed by atoms with van der Waals surface area (Å²) >= 11 is 0. The van der Waals surface area contributed by atoms with Crippen LogP contribution in [0.5, 0.6) is 11.5 Å². The molecule has 2 rings (SSSR count). The molecule has 0 aliphatic carbocycles. The van der Waals surface area contributed by atoms with Crippen LogP contribution in [0.1, 0.15) is 93.5 Å². The molecule has 4 amide bonds. The number of methoxy groups -OCH3 is 2. The highest BCUT2D eigenvalue weighted by Gasteiger charge is 2.26. The molecule has 0 saturated carbocycles. The highest BCUT2D eigenvalue weighted by atomic mass is 16.6. The largest absolute Gasteiger partial charge is 0.493 e. The predicted molar refractivity (Wildman–Crippen MR) is 195 cm³/mol. The second kappa shape index (κ2) is 22.9. The average Bonchev–Trinajstić information content (AvgIpc) is 3.10. The molecule has 280 valence electrons. The Morgan fingerprint density at radius 2 is 1.32 bits per heavy atom. The molecule has 0 saturated heterocycles. The van der Waals surface area contributed by atoms with Gasteiger partial charge in [-0.15, -0.1) is 0 Å². The molecule has 0 aliphatic heterocycles. The molecule has 0 radical (unpaired) electrons. The van der Waals surface area contributed by atoms with Gasteiger partial charge >= 0.3 is 6.09 Å². The van der Waals surface area contributed by atoms with Crippen LogP contribution in [0.2, 0.25) is 0 Å². The molecule has 0 fully saturated rings. The molecule has 0 aromatic heterocycles. The summed E-state index contributed by atoms with van der Waals surface area (Å²) in [7, 11) is 4.91. The summed E-state index contributed by atoms with van der Waals surface area (Å²) < 4.78 is 16.4. The number of carbonyl (C=O) groups excluding carboxylic acids is 6. The molecule has 0 heterocycles. The van der Waals surface area contributed by atoms with Crippen LogP contribution in [-0.2, 0) is 19.1 Å². The Labute approximate surface area is 297 Å². The number of nitrogens with one attached hydrogen (secondary N) is 1. The van der Waals surface area contributed by atoms with Crippen LogP contribution in [-0.4, -0.2) is 118 Å². The lowest BCUT2D eigenvalue weighted by atomic mass is 9.95. The molecule has 0 unspecified atom stereocenters. The second-order valence-electron chi connectivity index (χ2n) is 12.3. The van der Waals surface area contributed by atoms with Gasteiger partial charge in [0.2, 0.25) is 5.91 Å². The molecular weight excluding hydrogens is 644 g/mol. The first-order chi connectivity index (χ1) is 23.7. The van der Waals surface area contributed by atoms with Gasteiger partial charge < -0.3 is 43.8 Å². The van der Waals surface area contributed by atoms with Gasteiger partial charge in [0, 0.05) is 58.3 Å². The zero-order valence-corrected chi connectivity index (χ0v) is 31.7. The van der Waals surface area contributed by atoms with E-state index in [1.165, 1.54) is 0 Å². The van der Waals surface area contributed by atoms with Crippen LogP contribution in [0, 0.1) is 6.92 Å². The van der Waals surface area contributed by atoms with Crippen LogP contribution in [0.15, 0.2) is 18.2 Å². The number of hydrogen-bond donors (Lipinski definition) is 1.